The fourth-order valence-electron chi connectivity index (χ4n) is 3.02. The molecule has 1 aliphatic rings. The van der Waals surface area contributed by atoms with Gasteiger partial charge in [-0.05, 0) is 35.7 Å². The largest absolute Gasteiger partial charge is 0.497 e. The Hall–Kier alpha value is -2.82. The second kappa shape index (κ2) is 6.74. The summed E-state index contributed by atoms with van der Waals surface area (Å²) in [7, 11) is 1.59. The van der Waals surface area contributed by atoms with E-state index in [0.717, 1.165) is 29.8 Å². The van der Waals surface area contributed by atoms with Gasteiger partial charge in [-0.15, -0.1) is 0 Å². The highest BCUT2D eigenvalue weighted by atomic mass is 16.5. The topological polar surface area (TPSA) is 58.6 Å². The van der Waals surface area contributed by atoms with E-state index in [4.69, 9.17) is 4.74 Å². The van der Waals surface area contributed by atoms with Crippen molar-refractivity contribution in [2.45, 2.75) is 19.8 Å². The Morgan fingerprint density at radius 2 is 2.00 bits per heavy atom. The Bertz CT molecular complexity index is 786. The molecule has 0 bridgehead atoms. The van der Waals surface area contributed by atoms with Crippen LogP contribution in [0, 0.1) is 0 Å². The van der Waals surface area contributed by atoms with Gasteiger partial charge in [-0.2, -0.15) is 0 Å². The molecule has 0 fully saturated rings. The second-order valence-corrected chi connectivity index (χ2v) is 5.76. The summed E-state index contributed by atoms with van der Waals surface area (Å²) < 4.78 is 5.19. The number of imide groups is 1. The summed E-state index contributed by atoms with van der Waals surface area (Å²) in [4.78, 5) is 26.2. The number of carbonyl (C=O) groups is 2. The van der Waals surface area contributed by atoms with Gasteiger partial charge in [0.05, 0.1) is 24.9 Å². The molecule has 1 heterocycles. The zero-order chi connectivity index (χ0) is 17.1. The number of hydrogen-bond acceptors (Lipinski definition) is 4. The molecule has 0 unspecified atom stereocenters. The maximum atomic E-state index is 12.8. The molecule has 0 radical (unpaired) electrons. The van der Waals surface area contributed by atoms with Crippen LogP contribution in [0.1, 0.15) is 18.1 Å². The third-order valence-corrected chi connectivity index (χ3v) is 4.12. The number of para-hydroxylation sites is 1. The lowest BCUT2D eigenvalue weighted by Gasteiger charge is -2.22. The second-order valence-electron chi connectivity index (χ2n) is 5.76. The highest BCUT2D eigenvalue weighted by Gasteiger charge is 2.25. The molecule has 3 rings (SSSR count). The predicted molar refractivity (Wildman–Crippen MR) is 93.5 cm³/mol. The summed E-state index contributed by atoms with van der Waals surface area (Å²) in [6.45, 7) is 2.24. The van der Waals surface area contributed by atoms with Crippen molar-refractivity contribution < 1.29 is 14.3 Å². The van der Waals surface area contributed by atoms with E-state index in [9.17, 15) is 9.59 Å². The zero-order valence-electron chi connectivity index (χ0n) is 13.8. The molecule has 124 valence electrons. The van der Waals surface area contributed by atoms with E-state index in [2.05, 4.69) is 5.32 Å². The lowest BCUT2D eigenvalue weighted by Crippen LogP contribution is -2.36. The Morgan fingerprint density at radius 3 is 2.75 bits per heavy atom. The van der Waals surface area contributed by atoms with Crippen molar-refractivity contribution >= 4 is 23.2 Å². The van der Waals surface area contributed by atoms with Gasteiger partial charge in [0.1, 0.15) is 5.75 Å². The monoisotopic (exact) mass is 324 g/mol. The van der Waals surface area contributed by atoms with Crippen LogP contribution in [0.3, 0.4) is 0 Å². The summed E-state index contributed by atoms with van der Waals surface area (Å²) >= 11 is 0. The van der Waals surface area contributed by atoms with Crippen LogP contribution in [0.4, 0.5) is 11.4 Å². The molecule has 2 aromatic carbocycles. The smallest absolute Gasteiger partial charge is 0.238 e. The number of nitrogens with zero attached hydrogens (tertiary/aromatic N) is 1. The number of anilines is 2. The van der Waals surface area contributed by atoms with Gasteiger partial charge in [0, 0.05) is 13.5 Å². The minimum absolute atomic E-state index is 0.139. The average molecular weight is 324 g/mol. The van der Waals surface area contributed by atoms with Gasteiger partial charge in [-0.25, -0.2) is 4.90 Å². The lowest BCUT2D eigenvalue weighted by atomic mass is 10.1. The molecular formula is C19H20N2O3. The van der Waals surface area contributed by atoms with E-state index in [1.807, 2.05) is 42.5 Å². The maximum Gasteiger partial charge on any atom is 0.238 e. The van der Waals surface area contributed by atoms with Crippen LogP contribution in [0.25, 0.3) is 0 Å². The third-order valence-electron chi connectivity index (χ3n) is 4.12. The van der Waals surface area contributed by atoms with Gasteiger partial charge in [0.25, 0.3) is 0 Å². The molecule has 1 aliphatic heterocycles. The molecule has 5 heteroatoms. The van der Waals surface area contributed by atoms with E-state index in [0.29, 0.717) is 11.4 Å². The van der Waals surface area contributed by atoms with Gasteiger partial charge in [-0.3, -0.25) is 9.59 Å². The summed E-state index contributed by atoms with van der Waals surface area (Å²) in [6.07, 6.45) is 1.04. The normalized spacial score (nSPS) is 12.2. The summed E-state index contributed by atoms with van der Waals surface area (Å²) in [5.74, 6) is 0.153. The summed E-state index contributed by atoms with van der Waals surface area (Å²) in [5, 5.41) is 3.27. The standard InChI is InChI=1S/C19H20N2O3/c1-13(22)21(17-8-4-6-15-9-10-20-19(15)17)18(23)12-14-5-3-7-16(11-14)24-2/h3-8,11,20H,9-10,12H2,1-2H3. The van der Waals surface area contributed by atoms with Crippen molar-refractivity contribution in [2.75, 3.05) is 23.9 Å². The minimum atomic E-state index is -0.287. The number of fused-ring (bicyclic) bond motifs is 1. The van der Waals surface area contributed by atoms with E-state index >= 15 is 0 Å². The summed E-state index contributed by atoms with van der Waals surface area (Å²) in [5.41, 5.74) is 3.45. The summed E-state index contributed by atoms with van der Waals surface area (Å²) in [6, 6.07) is 13.0. The fourth-order valence-corrected chi connectivity index (χ4v) is 3.02. The fraction of sp³-hybridized carbons (Fsp3) is 0.263. The Labute approximate surface area is 141 Å². The van der Waals surface area contributed by atoms with E-state index in [1.54, 1.807) is 7.11 Å². The van der Waals surface area contributed by atoms with E-state index in [-0.39, 0.29) is 18.2 Å². The van der Waals surface area contributed by atoms with Gasteiger partial charge in [0.15, 0.2) is 0 Å². The Balaban J connectivity index is 1.90. The van der Waals surface area contributed by atoms with Gasteiger partial charge in [-0.1, -0.05) is 24.3 Å². The van der Waals surface area contributed by atoms with E-state index < -0.39 is 0 Å². The van der Waals surface area contributed by atoms with Gasteiger partial charge in [0.2, 0.25) is 11.8 Å². The van der Waals surface area contributed by atoms with Crippen LogP contribution >= 0.6 is 0 Å². The number of nitrogens with one attached hydrogen (secondary N) is 1. The van der Waals surface area contributed by atoms with E-state index in [1.165, 1.54) is 11.8 Å². The zero-order valence-corrected chi connectivity index (χ0v) is 13.8. The van der Waals surface area contributed by atoms with Crippen molar-refractivity contribution in [3.05, 3.63) is 53.6 Å². The molecule has 0 aromatic heterocycles. The number of ether oxygens (including phenoxy) is 1. The van der Waals surface area contributed by atoms with Crippen LogP contribution in [0.2, 0.25) is 0 Å². The first-order valence-corrected chi connectivity index (χ1v) is 7.92. The number of amides is 2. The molecule has 24 heavy (non-hydrogen) atoms. The lowest BCUT2D eigenvalue weighted by molar-refractivity contribution is -0.125. The van der Waals surface area contributed by atoms with Crippen molar-refractivity contribution in [2.24, 2.45) is 0 Å². The highest BCUT2D eigenvalue weighted by molar-refractivity contribution is 6.16. The van der Waals surface area contributed by atoms with Gasteiger partial charge < -0.3 is 10.1 Å². The van der Waals surface area contributed by atoms with Crippen molar-refractivity contribution in [3.8, 4) is 5.75 Å². The number of carbonyl (C=O) groups excluding carboxylic acids is 2. The predicted octanol–water partition coefficient (Wildman–Crippen LogP) is 2.79. The quantitative estimate of drug-likeness (QED) is 0.939. The van der Waals surface area contributed by atoms with Crippen molar-refractivity contribution in [1.82, 2.24) is 0 Å². The number of benzene rings is 2. The molecule has 0 aliphatic carbocycles. The number of rotatable bonds is 4. The molecule has 2 amide bonds. The Kier molecular flexibility index (Phi) is 4.51. The maximum absolute atomic E-state index is 12.8. The van der Waals surface area contributed by atoms with Crippen LogP contribution in [-0.2, 0) is 22.4 Å². The van der Waals surface area contributed by atoms with Crippen LogP contribution < -0.4 is 15.0 Å². The molecule has 2 aromatic rings. The molecule has 5 nitrogen and oxygen atoms in total. The van der Waals surface area contributed by atoms with Crippen LogP contribution in [-0.4, -0.2) is 25.5 Å². The van der Waals surface area contributed by atoms with Crippen molar-refractivity contribution in [1.29, 1.82) is 0 Å². The Morgan fingerprint density at radius 1 is 1.21 bits per heavy atom. The average Bonchev–Trinajstić information content (AvgIpc) is 3.04. The number of methoxy groups -OCH3 is 1. The van der Waals surface area contributed by atoms with Crippen LogP contribution in [0.15, 0.2) is 42.5 Å². The molecule has 0 saturated heterocycles. The van der Waals surface area contributed by atoms with Crippen LogP contribution in [0.5, 0.6) is 5.75 Å². The highest BCUT2D eigenvalue weighted by Crippen LogP contribution is 2.34. The minimum Gasteiger partial charge on any atom is -0.497 e. The first-order valence-electron chi connectivity index (χ1n) is 7.92. The van der Waals surface area contributed by atoms with Gasteiger partial charge >= 0.3 is 0 Å². The molecule has 0 atom stereocenters. The molecule has 0 saturated carbocycles. The third kappa shape index (κ3) is 3.11. The SMILES string of the molecule is COc1cccc(CC(=O)N(C(C)=O)c2cccc3c2NCC3)c1. The number of hydrogen-bond donors (Lipinski definition) is 1. The van der Waals surface area contributed by atoms with Crippen molar-refractivity contribution in [3.63, 3.8) is 0 Å². The molecular weight excluding hydrogens is 304 g/mol. The first kappa shape index (κ1) is 16.1. The first-order chi connectivity index (χ1) is 11.6. The molecule has 0 spiro atoms. The molecule has 1 N–H and O–H groups in total.